The maximum absolute atomic E-state index is 5.55. The molecule has 10 rings (SSSR count). The zero-order valence-corrected chi connectivity index (χ0v) is 31.4. The van der Waals surface area contributed by atoms with Gasteiger partial charge in [0.15, 0.2) is 0 Å². The summed E-state index contributed by atoms with van der Waals surface area (Å²) in [7, 11) is 0. The van der Waals surface area contributed by atoms with Gasteiger partial charge in [-0.15, -0.1) is 0 Å². The average molecular weight is 706 g/mol. The fourth-order valence-corrected chi connectivity index (χ4v) is 9.22. The minimum atomic E-state index is 0.223. The molecule has 0 amide bonds. The van der Waals surface area contributed by atoms with Gasteiger partial charge in [0.25, 0.3) is 0 Å². The normalized spacial score (nSPS) is 18.9. The monoisotopic (exact) mass is 705 g/mol. The van der Waals surface area contributed by atoms with Crippen LogP contribution in [0, 0.1) is 12.8 Å². The van der Waals surface area contributed by atoms with Crippen molar-refractivity contribution in [3.8, 4) is 22.4 Å². The summed E-state index contributed by atoms with van der Waals surface area (Å²) in [4.78, 5) is 5.55. The lowest BCUT2D eigenvalue weighted by atomic mass is 9.76. The molecule has 6 aromatic carbocycles. The molecule has 1 nitrogen and oxygen atoms in total. The maximum Gasteiger partial charge on any atom is 0.0794 e. The van der Waals surface area contributed by atoms with Crippen molar-refractivity contribution in [2.45, 2.75) is 38.5 Å². The number of hydrogen-bond acceptors (Lipinski definition) is 1. The second-order valence-electron chi connectivity index (χ2n) is 15.5. The summed E-state index contributed by atoms with van der Waals surface area (Å²) in [6.45, 7) is 4.62. The molecule has 55 heavy (non-hydrogen) atoms. The number of pyridine rings is 1. The van der Waals surface area contributed by atoms with Crippen molar-refractivity contribution in [2.75, 3.05) is 0 Å². The molecule has 7 aromatic rings. The molecule has 3 aliphatic carbocycles. The lowest BCUT2D eigenvalue weighted by molar-refractivity contribution is 0.746. The van der Waals surface area contributed by atoms with E-state index in [1.54, 1.807) is 0 Å². The molecule has 3 atom stereocenters. The van der Waals surface area contributed by atoms with E-state index in [4.69, 9.17) is 4.98 Å². The van der Waals surface area contributed by atoms with Crippen molar-refractivity contribution in [2.24, 2.45) is 5.92 Å². The van der Waals surface area contributed by atoms with E-state index in [1.165, 1.54) is 82.9 Å². The van der Waals surface area contributed by atoms with E-state index in [-0.39, 0.29) is 5.92 Å². The van der Waals surface area contributed by atoms with Crippen LogP contribution < -0.4 is 0 Å². The van der Waals surface area contributed by atoms with Crippen molar-refractivity contribution < 1.29 is 0 Å². The third-order valence-corrected chi connectivity index (χ3v) is 12.0. The van der Waals surface area contributed by atoms with Crippen molar-refractivity contribution in [3.63, 3.8) is 0 Å². The van der Waals surface area contributed by atoms with E-state index in [2.05, 4.69) is 196 Å². The average Bonchev–Trinajstić information content (AvgIpc) is 3.48. The Hall–Kier alpha value is -6.31. The molecule has 0 saturated carbocycles. The highest BCUT2D eigenvalue weighted by Crippen LogP contribution is 2.47. The van der Waals surface area contributed by atoms with E-state index in [0.29, 0.717) is 11.8 Å². The van der Waals surface area contributed by atoms with Gasteiger partial charge in [-0.3, -0.25) is 0 Å². The van der Waals surface area contributed by atoms with Crippen LogP contribution in [0.15, 0.2) is 188 Å². The number of allylic oxidation sites excluding steroid dienone is 10. The molecular formula is C54H43N. The van der Waals surface area contributed by atoms with Gasteiger partial charge in [0.2, 0.25) is 0 Å². The lowest BCUT2D eigenvalue weighted by Crippen LogP contribution is -2.13. The first kappa shape index (κ1) is 33.3. The highest BCUT2D eigenvalue weighted by molar-refractivity contribution is 6.12. The summed E-state index contributed by atoms with van der Waals surface area (Å²) < 4.78 is 0. The Morgan fingerprint density at radius 2 is 1.36 bits per heavy atom. The van der Waals surface area contributed by atoms with Crippen LogP contribution in [0.5, 0.6) is 0 Å². The van der Waals surface area contributed by atoms with Gasteiger partial charge < -0.3 is 0 Å². The Morgan fingerprint density at radius 3 is 2.20 bits per heavy atom. The molecule has 0 saturated heterocycles. The molecule has 0 fully saturated rings. The van der Waals surface area contributed by atoms with Crippen molar-refractivity contribution >= 4 is 32.8 Å². The number of aryl methyl sites for hydroxylation is 1. The Morgan fingerprint density at radius 1 is 0.618 bits per heavy atom. The van der Waals surface area contributed by atoms with Crippen molar-refractivity contribution in [3.05, 3.63) is 221 Å². The lowest BCUT2D eigenvalue weighted by Gasteiger charge is -2.29. The number of benzene rings is 6. The van der Waals surface area contributed by atoms with E-state index >= 15 is 0 Å². The zero-order valence-electron chi connectivity index (χ0n) is 31.4. The first-order valence-electron chi connectivity index (χ1n) is 19.7. The van der Waals surface area contributed by atoms with E-state index < -0.39 is 0 Å². The van der Waals surface area contributed by atoms with Crippen LogP contribution in [0.2, 0.25) is 0 Å². The fourth-order valence-electron chi connectivity index (χ4n) is 9.22. The van der Waals surface area contributed by atoms with Gasteiger partial charge in [-0.05, 0) is 98.4 Å². The summed E-state index contributed by atoms with van der Waals surface area (Å²) in [6, 6.07) is 50.9. The molecule has 3 aliphatic rings. The van der Waals surface area contributed by atoms with Crippen molar-refractivity contribution in [1.29, 1.82) is 0 Å². The Kier molecular flexibility index (Phi) is 8.37. The summed E-state index contributed by atoms with van der Waals surface area (Å²) in [5, 5.41) is 3.67. The molecule has 1 aromatic heterocycles. The van der Waals surface area contributed by atoms with Gasteiger partial charge in [0, 0.05) is 28.2 Å². The first-order valence-corrected chi connectivity index (χ1v) is 19.7. The smallest absolute Gasteiger partial charge is 0.0794 e. The fraction of sp³-hybridized carbons (Fsp3) is 0.130. The summed E-state index contributed by atoms with van der Waals surface area (Å²) in [6.07, 6.45) is 18.7. The SMILES string of the molecule is Cc1cccc2c1-c1nc3c(ccc4ccccc43)c(-c3cccc(C4=CCC(C5=CC(c6ccccc6)C=CC(c6ccccc6)=C5)C=C4)c3)c1CC2C. The molecule has 0 bridgehead atoms. The predicted octanol–water partition coefficient (Wildman–Crippen LogP) is 14.0. The van der Waals surface area contributed by atoms with Gasteiger partial charge in [0.1, 0.15) is 0 Å². The molecule has 0 N–H and O–H groups in total. The first-order chi connectivity index (χ1) is 27.1. The minimum absolute atomic E-state index is 0.223. The summed E-state index contributed by atoms with van der Waals surface area (Å²) in [5.41, 5.74) is 17.9. The predicted molar refractivity (Wildman–Crippen MR) is 233 cm³/mol. The van der Waals surface area contributed by atoms with Gasteiger partial charge in [0.05, 0.1) is 11.2 Å². The van der Waals surface area contributed by atoms with Crippen LogP contribution in [-0.4, -0.2) is 4.98 Å². The summed E-state index contributed by atoms with van der Waals surface area (Å²) >= 11 is 0. The molecule has 0 aliphatic heterocycles. The molecule has 264 valence electrons. The van der Waals surface area contributed by atoms with Gasteiger partial charge in [-0.1, -0.05) is 183 Å². The van der Waals surface area contributed by atoms with E-state index in [1.807, 2.05) is 0 Å². The molecular weight excluding hydrogens is 663 g/mol. The highest BCUT2D eigenvalue weighted by Gasteiger charge is 2.29. The maximum atomic E-state index is 5.55. The Balaban J connectivity index is 1.05. The van der Waals surface area contributed by atoms with E-state index in [0.717, 1.165) is 24.1 Å². The highest BCUT2D eigenvalue weighted by atomic mass is 14.7. The van der Waals surface area contributed by atoms with Crippen LogP contribution >= 0.6 is 0 Å². The standard InChI is InChI=1S/C54H43N/c1-35-13-11-22-47-36(2)31-50-52(49-30-29-41-18-9-10-21-48(41)53(49)55-54(50)51(35)47)45-20-12-19-42(32-45)39-23-25-40(26-24-39)46-33-43(37-14-5-3-6-15-37)27-28-44(34-46)38-16-7-4-8-17-38/h3-25,27-30,32-34,36,40,43H,26,31H2,1-2H3. The van der Waals surface area contributed by atoms with Crippen LogP contribution in [0.3, 0.4) is 0 Å². The topological polar surface area (TPSA) is 12.9 Å². The third-order valence-electron chi connectivity index (χ3n) is 12.0. The van der Waals surface area contributed by atoms with Gasteiger partial charge in [-0.2, -0.15) is 0 Å². The number of hydrogen-bond donors (Lipinski definition) is 0. The second kappa shape index (κ2) is 13.8. The Bertz CT molecular complexity index is 2780. The Labute approximate surface area is 324 Å². The van der Waals surface area contributed by atoms with Gasteiger partial charge in [-0.25, -0.2) is 4.98 Å². The third kappa shape index (κ3) is 6.01. The van der Waals surface area contributed by atoms with Gasteiger partial charge >= 0.3 is 0 Å². The summed E-state index contributed by atoms with van der Waals surface area (Å²) in [5.74, 6) is 0.934. The number of fused-ring (bicyclic) bond motifs is 6. The number of rotatable bonds is 5. The molecule has 3 unspecified atom stereocenters. The van der Waals surface area contributed by atoms with Crippen molar-refractivity contribution in [1.82, 2.24) is 4.98 Å². The number of nitrogens with zero attached hydrogens (tertiary/aromatic N) is 1. The second-order valence-corrected chi connectivity index (χ2v) is 15.5. The van der Waals surface area contributed by atoms with Crippen LogP contribution in [0.4, 0.5) is 0 Å². The number of aromatic nitrogens is 1. The van der Waals surface area contributed by atoms with Crippen LogP contribution in [-0.2, 0) is 6.42 Å². The molecule has 1 heterocycles. The molecule has 0 spiro atoms. The van der Waals surface area contributed by atoms with Crippen LogP contribution in [0.1, 0.15) is 58.6 Å². The quantitative estimate of drug-likeness (QED) is 0.163. The zero-order chi connectivity index (χ0) is 36.9. The molecule has 1 heteroatoms. The van der Waals surface area contributed by atoms with E-state index in [9.17, 15) is 0 Å². The molecule has 0 radical (unpaired) electrons. The minimum Gasteiger partial charge on any atom is -0.247 e. The van der Waals surface area contributed by atoms with Crippen LogP contribution in [0.25, 0.3) is 55.2 Å². The largest absolute Gasteiger partial charge is 0.247 e.